The summed E-state index contributed by atoms with van der Waals surface area (Å²) in [6.45, 7) is 5.65. The highest BCUT2D eigenvalue weighted by Gasteiger charge is 2.15. The third kappa shape index (κ3) is 3.55. The van der Waals surface area contributed by atoms with Crippen LogP contribution in [0.25, 0.3) is 10.9 Å². The van der Waals surface area contributed by atoms with Crippen molar-refractivity contribution in [1.82, 2.24) is 9.55 Å². The van der Waals surface area contributed by atoms with Crippen LogP contribution in [0.4, 0.5) is 16.4 Å². The van der Waals surface area contributed by atoms with E-state index in [2.05, 4.69) is 29.5 Å². The van der Waals surface area contributed by atoms with Crippen molar-refractivity contribution < 1.29 is 9.53 Å². The summed E-state index contributed by atoms with van der Waals surface area (Å²) in [6.07, 6.45) is 0.262. The summed E-state index contributed by atoms with van der Waals surface area (Å²) in [6, 6.07) is 12.5. The maximum atomic E-state index is 12.7. The summed E-state index contributed by atoms with van der Waals surface area (Å²) in [4.78, 5) is 29.4. The molecule has 28 heavy (non-hydrogen) atoms. The monoisotopic (exact) mass is 378 g/mol. The van der Waals surface area contributed by atoms with Gasteiger partial charge in [-0.15, -0.1) is 0 Å². The van der Waals surface area contributed by atoms with E-state index in [1.54, 1.807) is 22.8 Å². The summed E-state index contributed by atoms with van der Waals surface area (Å²) in [5.74, 6) is 1.30. The number of hydrogen-bond acceptors (Lipinski definition) is 5. The van der Waals surface area contributed by atoms with Crippen LogP contribution < -0.4 is 20.9 Å². The van der Waals surface area contributed by atoms with Crippen LogP contribution in [0, 0.1) is 0 Å². The van der Waals surface area contributed by atoms with Gasteiger partial charge < -0.3 is 10.1 Å². The molecule has 2 heterocycles. The summed E-state index contributed by atoms with van der Waals surface area (Å²) >= 11 is 0. The number of hydrogen-bond donors (Lipinski definition) is 2. The van der Waals surface area contributed by atoms with E-state index in [-0.39, 0.29) is 5.56 Å². The number of carbonyl (C=O) groups excluding carboxylic acids is 1. The van der Waals surface area contributed by atoms with Gasteiger partial charge in [-0.2, -0.15) is 0 Å². The number of anilines is 2. The molecule has 4 rings (SSSR count). The molecule has 7 heteroatoms. The van der Waals surface area contributed by atoms with Gasteiger partial charge in [0.15, 0.2) is 0 Å². The van der Waals surface area contributed by atoms with Crippen LogP contribution >= 0.6 is 0 Å². The number of ether oxygens (including phenoxy) is 1. The molecule has 0 radical (unpaired) electrons. The molecule has 0 spiro atoms. The predicted molar refractivity (Wildman–Crippen MR) is 109 cm³/mol. The lowest BCUT2D eigenvalue weighted by molar-refractivity contribution is 0.215. The normalized spacial score (nSPS) is 13.1. The molecule has 0 fully saturated rings. The number of nitrogens with zero attached hydrogens (tertiary/aromatic N) is 2. The van der Waals surface area contributed by atoms with Crippen molar-refractivity contribution in [2.45, 2.75) is 32.7 Å². The number of benzene rings is 2. The number of amides is 1. The van der Waals surface area contributed by atoms with Crippen molar-refractivity contribution >= 4 is 28.6 Å². The molecular formula is C21H22N4O3. The molecule has 3 aromatic rings. The zero-order valence-corrected chi connectivity index (χ0v) is 15.9. The van der Waals surface area contributed by atoms with Crippen molar-refractivity contribution in [3.05, 3.63) is 58.4 Å². The highest BCUT2D eigenvalue weighted by molar-refractivity contribution is 5.87. The van der Waals surface area contributed by atoms with Gasteiger partial charge in [-0.1, -0.05) is 26.0 Å². The van der Waals surface area contributed by atoms with Crippen LogP contribution in [0.3, 0.4) is 0 Å². The lowest BCUT2D eigenvalue weighted by Gasteiger charge is -2.19. The van der Waals surface area contributed by atoms with Crippen molar-refractivity contribution in [3.63, 3.8) is 0 Å². The highest BCUT2D eigenvalue weighted by atomic mass is 16.6. The molecule has 144 valence electrons. The van der Waals surface area contributed by atoms with Crippen LogP contribution in [0.2, 0.25) is 0 Å². The van der Waals surface area contributed by atoms with Crippen LogP contribution in [-0.4, -0.2) is 22.2 Å². The number of fused-ring (bicyclic) bond motifs is 2. The first kappa shape index (κ1) is 18.0. The third-order valence-corrected chi connectivity index (χ3v) is 4.80. The summed E-state index contributed by atoms with van der Waals surface area (Å²) < 4.78 is 6.98. The van der Waals surface area contributed by atoms with Gasteiger partial charge in [0.05, 0.1) is 10.9 Å². The van der Waals surface area contributed by atoms with Crippen LogP contribution in [0.1, 0.15) is 31.7 Å². The molecule has 1 aliphatic heterocycles. The number of rotatable bonds is 3. The zero-order chi connectivity index (χ0) is 19.7. The Morgan fingerprint density at radius 2 is 2.00 bits per heavy atom. The molecule has 1 aromatic heterocycles. The minimum Gasteiger partial charge on any atom is -0.410 e. The molecule has 0 aliphatic carbocycles. The smallest absolute Gasteiger partial charge is 0.410 e. The third-order valence-electron chi connectivity index (χ3n) is 4.80. The van der Waals surface area contributed by atoms with E-state index < -0.39 is 6.09 Å². The van der Waals surface area contributed by atoms with Crippen molar-refractivity contribution in [2.24, 2.45) is 0 Å². The maximum Gasteiger partial charge on any atom is 0.417 e. The maximum absolute atomic E-state index is 12.7. The first-order chi connectivity index (χ1) is 13.5. The van der Waals surface area contributed by atoms with E-state index in [9.17, 15) is 9.59 Å². The molecule has 7 nitrogen and oxygen atoms in total. The van der Waals surface area contributed by atoms with Crippen LogP contribution in [0.5, 0.6) is 5.75 Å². The second-order valence-corrected chi connectivity index (χ2v) is 7.14. The second kappa shape index (κ2) is 7.34. The molecular weight excluding hydrogens is 356 g/mol. The van der Waals surface area contributed by atoms with Crippen LogP contribution in [0.15, 0.2) is 47.3 Å². The number of nitrogens with one attached hydrogen (secondary N) is 2. The minimum absolute atomic E-state index is 0.137. The van der Waals surface area contributed by atoms with E-state index in [4.69, 9.17) is 4.74 Å². The summed E-state index contributed by atoms with van der Waals surface area (Å²) in [7, 11) is 0. The van der Waals surface area contributed by atoms with Gasteiger partial charge >= 0.3 is 6.09 Å². The fourth-order valence-electron chi connectivity index (χ4n) is 3.24. The van der Waals surface area contributed by atoms with Gasteiger partial charge in [0.1, 0.15) is 5.75 Å². The standard InChI is InChI=1S/C21H22N4O3/c1-13(2)14-4-6-15(7-5-14)23-21(27)28-16-8-9-18-17(12-16)19(26)25-11-3-10-22-20(25)24-18/h4-9,12-13H,3,10-11H2,1-2H3,(H,22,24)(H,23,27). The van der Waals surface area contributed by atoms with Gasteiger partial charge in [0, 0.05) is 18.8 Å². The second-order valence-electron chi connectivity index (χ2n) is 7.14. The fraction of sp³-hybridized carbons (Fsp3) is 0.286. The Bertz CT molecular complexity index is 1090. The van der Waals surface area contributed by atoms with Gasteiger partial charge in [-0.25, -0.2) is 9.78 Å². The van der Waals surface area contributed by atoms with Gasteiger partial charge in [-0.05, 0) is 48.2 Å². The van der Waals surface area contributed by atoms with E-state index in [0.717, 1.165) is 13.0 Å². The molecule has 2 N–H and O–H groups in total. The molecule has 0 unspecified atom stereocenters. The van der Waals surface area contributed by atoms with Gasteiger partial charge in [0.25, 0.3) is 5.56 Å². The Kier molecular flexibility index (Phi) is 4.73. The van der Waals surface area contributed by atoms with Crippen LogP contribution in [-0.2, 0) is 6.54 Å². The van der Waals surface area contributed by atoms with Crippen molar-refractivity contribution in [3.8, 4) is 5.75 Å². The Balaban J connectivity index is 1.53. The largest absolute Gasteiger partial charge is 0.417 e. The fourth-order valence-corrected chi connectivity index (χ4v) is 3.24. The number of carbonyl (C=O) groups is 1. The summed E-state index contributed by atoms with van der Waals surface area (Å²) in [5, 5.41) is 6.27. The lowest BCUT2D eigenvalue weighted by atomic mass is 10.0. The minimum atomic E-state index is -0.607. The predicted octanol–water partition coefficient (Wildman–Crippen LogP) is 3.95. The first-order valence-electron chi connectivity index (χ1n) is 9.38. The zero-order valence-electron chi connectivity index (χ0n) is 15.9. The van der Waals surface area contributed by atoms with E-state index in [1.807, 2.05) is 24.3 Å². The topological polar surface area (TPSA) is 85.2 Å². The molecule has 1 amide bonds. The highest BCUT2D eigenvalue weighted by Crippen LogP contribution is 2.21. The Morgan fingerprint density at radius 1 is 1.21 bits per heavy atom. The van der Waals surface area contributed by atoms with E-state index >= 15 is 0 Å². The quantitative estimate of drug-likeness (QED) is 0.721. The lowest BCUT2D eigenvalue weighted by Crippen LogP contribution is -2.30. The number of aromatic nitrogens is 2. The Labute approximate surface area is 162 Å². The molecule has 0 atom stereocenters. The van der Waals surface area contributed by atoms with Crippen molar-refractivity contribution in [2.75, 3.05) is 17.2 Å². The molecule has 0 saturated heterocycles. The van der Waals surface area contributed by atoms with Gasteiger partial charge in [-0.3, -0.25) is 14.7 Å². The Hall–Kier alpha value is -3.35. The van der Waals surface area contributed by atoms with Gasteiger partial charge in [0.2, 0.25) is 5.95 Å². The molecule has 0 bridgehead atoms. The van der Waals surface area contributed by atoms with E-state index in [1.165, 1.54) is 5.56 Å². The molecule has 0 saturated carbocycles. The molecule has 1 aliphatic rings. The SMILES string of the molecule is CC(C)c1ccc(NC(=O)Oc2ccc3nc4n(c(=O)c3c2)CCCN4)cc1. The average Bonchev–Trinajstić information content (AvgIpc) is 2.69. The summed E-state index contributed by atoms with van der Waals surface area (Å²) in [5.41, 5.74) is 2.28. The van der Waals surface area contributed by atoms with Crippen molar-refractivity contribution in [1.29, 1.82) is 0 Å². The molecule has 2 aromatic carbocycles. The first-order valence-corrected chi connectivity index (χ1v) is 9.38. The Morgan fingerprint density at radius 3 is 2.75 bits per heavy atom. The van der Waals surface area contributed by atoms with E-state index in [0.29, 0.717) is 40.8 Å². The average molecular weight is 378 g/mol.